The Morgan fingerprint density at radius 3 is 3.00 bits per heavy atom. The Bertz CT molecular complexity index is 914. The fraction of sp³-hybridized carbons (Fsp3) is 0.438. The van der Waals surface area contributed by atoms with Gasteiger partial charge in [-0.1, -0.05) is 18.2 Å². The van der Waals surface area contributed by atoms with Crippen LogP contribution in [0.25, 0.3) is 5.65 Å². The van der Waals surface area contributed by atoms with Crippen LogP contribution >= 0.6 is 0 Å². The van der Waals surface area contributed by atoms with Crippen molar-refractivity contribution in [2.75, 3.05) is 23.3 Å². The lowest BCUT2D eigenvalue weighted by Gasteiger charge is -2.32. The van der Waals surface area contributed by atoms with Crippen LogP contribution in [0.2, 0.25) is 0 Å². The first-order valence-electron chi connectivity index (χ1n) is 8.38. The fourth-order valence-corrected chi connectivity index (χ4v) is 3.20. The van der Waals surface area contributed by atoms with Gasteiger partial charge in [0.2, 0.25) is 5.95 Å². The van der Waals surface area contributed by atoms with Crippen LogP contribution in [0.4, 0.5) is 11.8 Å². The van der Waals surface area contributed by atoms with Crippen LogP contribution in [0.1, 0.15) is 30.3 Å². The second kappa shape index (κ2) is 6.15. The van der Waals surface area contributed by atoms with Crippen molar-refractivity contribution < 1.29 is 4.79 Å². The summed E-state index contributed by atoms with van der Waals surface area (Å²) in [6.45, 7) is 4.27. The number of pyridine rings is 1. The topological polar surface area (TPSA) is 93.2 Å². The van der Waals surface area contributed by atoms with Crippen LogP contribution in [0.5, 0.6) is 0 Å². The van der Waals surface area contributed by atoms with Gasteiger partial charge in [0.1, 0.15) is 5.82 Å². The van der Waals surface area contributed by atoms with Gasteiger partial charge < -0.3 is 4.90 Å². The molecule has 1 aliphatic rings. The first kappa shape index (κ1) is 15.6. The number of anilines is 2. The number of aromatic nitrogens is 6. The minimum atomic E-state index is -0.378. The molecule has 0 bridgehead atoms. The van der Waals surface area contributed by atoms with Gasteiger partial charge in [0.05, 0.1) is 6.20 Å². The van der Waals surface area contributed by atoms with Crippen molar-refractivity contribution >= 4 is 23.3 Å². The molecule has 4 heterocycles. The Morgan fingerprint density at radius 2 is 2.24 bits per heavy atom. The van der Waals surface area contributed by atoms with Crippen LogP contribution in [0.15, 0.2) is 24.4 Å². The summed E-state index contributed by atoms with van der Waals surface area (Å²) in [6, 6.07) is 5.88. The minimum Gasteiger partial charge on any atom is -0.356 e. The van der Waals surface area contributed by atoms with Gasteiger partial charge in [-0.05, 0) is 30.9 Å². The highest BCUT2D eigenvalue weighted by Gasteiger charge is 2.20. The van der Waals surface area contributed by atoms with Crippen LogP contribution in [0.3, 0.4) is 0 Å². The van der Waals surface area contributed by atoms with Gasteiger partial charge in [0.15, 0.2) is 11.3 Å². The number of aryl methyl sites for hydroxylation is 1. The number of hydrogen-bond donors (Lipinski definition) is 1. The highest BCUT2D eigenvalue weighted by Crippen LogP contribution is 2.23. The molecule has 1 amide bonds. The molecule has 3 aromatic rings. The first-order valence-corrected chi connectivity index (χ1v) is 8.38. The molecule has 0 spiro atoms. The van der Waals surface area contributed by atoms with Crippen molar-refractivity contribution in [3.63, 3.8) is 0 Å². The highest BCUT2D eigenvalue weighted by atomic mass is 16.2. The minimum absolute atomic E-state index is 0.228. The monoisotopic (exact) mass is 340 g/mol. The van der Waals surface area contributed by atoms with E-state index in [2.05, 4.69) is 37.5 Å². The summed E-state index contributed by atoms with van der Waals surface area (Å²) in [5.41, 5.74) is 0.927. The van der Waals surface area contributed by atoms with Gasteiger partial charge in [-0.25, -0.2) is 0 Å². The molecule has 4 rings (SSSR count). The van der Waals surface area contributed by atoms with Gasteiger partial charge in [0.25, 0.3) is 5.91 Å². The predicted molar refractivity (Wildman–Crippen MR) is 92.6 cm³/mol. The first-order chi connectivity index (χ1) is 12.1. The van der Waals surface area contributed by atoms with E-state index < -0.39 is 0 Å². The number of nitrogens with zero attached hydrogens (tertiary/aromatic N) is 7. The van der Waals surface area contributed by atoms with E-state index in [-0.39, 0.29) is 17.5 Å². The Morgan fingerprint density at radius 1 is 1.36 bits per heavy atom. The van der Waals surface area contributed by atoms with E-state index >= 15 is 0 Å². The zero-order chi connectivity index (χ0) is 17.4. The molecule has 1 saturated heterocycles. The average molecular weight is 340 g/mol. The third kappa shape index (κ3) is 3.04. The third-order valence-electron chi connectivity index (χ3n) is 4.38. The van der Waals surface area contributed by atoms with E-state index in [4.69, 9.17) is 0 Å². The molecule has 25 heavy (non-hydrogen) atoms. The Kier molecular flexibility index (Phi) is 3.83. The van der Waals surface area contributed by atoms with Gasteiger partial charge in [-0.2, -0.15) is 9.50 Å². The summed E-state index contributed by atoms with van der Waals surface area (Å²) in [5.74, 6) is 1.53. The number of rotatable bonds is 3. The molecule has 0 saturated carbocycles. The normalized spacial score (nSPS) is 17.8. The lowest BCUT2D eigenvalue weighted by Crippen LogP contribution is -2.35. The van der Waals surface area contributed by atoms with Gasteiger partial charge in [-0.3, -0.25) is 14.8 Å². The predicted octanol–water partition coefficient (Wildman–Crippen LogP) is 1.35. The molecular weight excluding hydrogens is 320 g/mol. The second-order valence-corrected chi connectivity index (χ2v) is 6.51. The third-order valence-corrected chi connectivity index (χ3v) is 4.38. The average Bonchev–Trinajstić information content (AvgIpc) is 3.20. The maximum absolute atomic E-state index is 12.2. The zero-order valence-corrected chi connectivity index (χ0v) is 14.3. The van der Waals surface area contributed by atoms with E-state index in [0.29, 0.717) is 11.6 Å². The summed E-state index contributed by atoms with van der Waals surface area (Å²) < 4.78 is 3.26. The standard InChI is InChI=1S/C16H20N8O/c1-11-5-4-8-23(9-11)14-7-3-6-13-17-16(20-24(13)14)18-15(25)12-10-22(2)21-19-12/h3,6-7,10-11H,4-5,8-9H2,1-2H3,(H,18,20,25). The van der Waals surface area contributed by atoms with E-state index in [1.54, 1.807) is 17.8 Å². The number of hydrogen-bond acceptors (Lipinski definition) is 6. The van der Waals surface area contributed by atoms with E-state index in [1.807, 2.05) is 18.2 Å². The SMILES string of the molecule is CC1CCCN(c2cccc3nc(NC(=O)c4cn(C)nn4)nn23)C1. The molecule has 1 N–H and O–H groups in total. The molecule has 1 fully saturated rings. The largest absolute Gasteiger partial charge is 0.356 e. The number of carbonyl (C=O) groups excluding carboxylic acids is 1. The van der Waals surface area contributed by atoms with Gasteiger partial charge in [-0.15, -0.1) is 10.2 Å². The molecule has 130 valence electrons. The molecule has 3 aromatic heterocycles. The number of amides is 1. The van der Waals surface area contributed by atoms with Gasteiger partial charge >= 0.3 is 0 Å². The molecule has 1 unspecified atom stereocenters. The number of fused-ring (bicyclic) bond motifs is 1. The maximum atomic E-state index is 12.2. The van der Waals surface area contributed by atoms with Crippen molar-refractivity contribution in [2.45, 2.75) is 19.8 Å². The van der Waals surface area contributed by atoms with Crippen molar-refractivity contribution in [1.29, 1.82) is 0 Å². The van der Waals surface area contributed by atoms with E-state index in [9.17, 15) is 4.79 Å². The fourth-order valence-electron chi connectivity index (χ4n) is 3.20. The Hall–Kier alpha value is -2.97. The lowest BCUT2D eigenvalue weighted by atomic mass is 10.0. The molecule has 0 aromatic carbocycles. The molecule has 9 heteroatoms. The molecule has 1 aliphatic heterocycles. The smallest absolute Gasteiger partial charge is 0.280 e. The quantitative estimate of drug-likeness (QED) is 0.773. The van der Waals surface area contributed by atoms with Crippen LogP contribution in [-0.2, 0) is 7.05 Å². The lowest BCUT2D eigenvalue weighted by molar-refractivity contribution is 0.102. The maximum Gasteiger partial charge on any atom is 0.280 e. The Labute approximate surface area is 144 Å². The van der Waals surface area contributed by atoms with Crippen LogP contribution < -0.4 is 10.2 Å². The molecule has 1 atom stereocenters. The number of nitrogens with one attached hydrogen (secondary N) is 1. The summed E-state index contributed by atoms with van der Waals surface area (Å²) in [7, 11) is 1.71. The van der Waals surface area contributed by atoms with E-state index in [1.165, 1.54) is 17.5 Å². The second-order valence-electron chi connectivity index (χ2n) is 6.51. The molecule has 9 nitrogen and oxygen atoms in total. The highest BCUT2D eigenvalue weighted by molar-refractivity contribution is 6.01. The van der Waals surface area contributed by atoms with Gasteiger partial charge in [0, 0.05) is 20.1 Å². The van der Waals surface area contributed by atoms with Crippen molar-refractivity contribution in [3.05, 3.63) is 30.1 Å². The van der Waals surface area contributed by atoms with Crippen LogP contribution in [-0.4, -0.2) is 48.6 Å². The summed E-state index contributed by atoms with van der Waals surface area (Å²) in [6.07, 6.45) is 3.97. The zero-order valence-electron chi connectivity index (χ0n) is 14.3. The van der Waals surface area contributed by atoms with Crippen molar-refractivity contribution in [2.24, 2.45) is 13.0 Å². The Balaban J connectivity index is 1.61. The molecular formula is C16H20N8O. The van der Waals surface area contributed by atoms with Crippen LogP contribution in [0, 0.1) is 5.92 Å². The van der Waals surface area contributed by atoms with Crippen molar-refractivity contribution in [3.8, 4) is 0 Å². The molecule has 0 aliphatic carbocycles. The van der Waals surface area contributed by atoms with E-state index in [0.717, 1.165) is 18.9 Å². The number of piperidine rings is 1. The summed E-state index contributed by atoms with van der Waals surface area (Å²) in [4.78, 5) is 18.9. The van der Waals surface area contributed by atoms with Crippen molar-refractivity contribution in [1.82, 2.24) is 29.6 Å². The summed E-state index contributed by atoms with van der Waals surface area (Å²) >= 11 is 0. The number of carbonyl (C=O) groups is 1. The molecule has 0 radical (unpaired) electrons. The summed E-state index contributed by atoms with van der Waals surface area (Å²) in [5, 5.41) is 14.7.